The highest BCUT2D eigenvalue weighted by atomic mass is 32.2. The fourth-order valence-electron chi connectivity index (χ4n) is 3.97. The number of thioether (sulfide) groups is 1. The molecule has 2 atom stereocenters. The van der Waals surface area contributed by atoms with Crippen molar-refractivity contribution >= 4 is 23.7 Å². The molecule has 26 heavy (non-hydrogen) atoms. The Bertz CT molecular complexity index is 669. The van der Waals surface area contributed by atoms with Crippen LogP contribution in [-0.4, -0.2) is 54.0 Å². The summed E-state index contributed by atoms with van der Waals surface area (Å²) in [6.07, 6.45) is 2.29. The molecule has 2 rings (SSSR count). The SMILES string of the molecule is CNC(=O)N1C(C(C)(C)C)N(C)C(=O)C1(CCSC)c1ccc(C)cc1. The molecule has 1 aromatic carbocycles. The lowest BCUT2D eigenvalue weighted by Crippen LogP contribution is -2.57. The average Bonchev–Trinajstić information content (AvgIpc) is 2.82. The zero-order valence-electron chi connectivity index (χ0n) is 16.9. The lowest BCUT2D eigenvalue weighted by Gasteiger charge is -2.42. The predicted molar refractivity (Wildman–Crippen MR) is 108 cm³/mol. The second-order valence-electron chi connectivity index (χ2n) is 8.05. The Balaban J connectivity index is 2.74. The molecule has 1 saturated heterocycles. The quantitative estimate of drug-likeness (QED) is 0.875. The molecule has 0 saturated carbocycles. The Morgan fingerprint density at radius 2 is 1.85 bits per heavy atom. The van der Waals surface area contributed by atoms with Crippen LogP contribution in [0.5, 0.6) is 0 Å². The number of amides is 3. The zero-order valence-corrected chi connectivity index (χ0v) is 17.7. The van der Waals surface area contributed by atoms with E-state index in [2.05, 4.69) is 26.1 Å². The van der Waals surface area contributed by atoms with Gasteiger partial charge in [0.25, 0.3) is 5.91 Å². The third kappa shape index (κ3) is 3.31. The molecule has 0 spiro atoms. The Hall–Kier alpha value is -1.69. The van der Waals surface area contributed by atoms with Gasteiger partial charge in [0, 0.05) is 19.5 Å². The summed E-state index contributed by atoms with van der Waals surface area (Å²) in [5, 5.41) is 2.76. The molecular weight excluding hydrogens is 346 g/mol. The summed E-state index contributed by atoms with van der Waals surface area (Å²) < 4.78 is 0. The minimum absolute atomic E-state index is 0.0149. The number of urea groups is 1. The first-order valence-corrected chi connectivity index (χ1v) is 10.3. The summed E-state index contributed by atoms with van der Waals surface area (Å²) in [5.74, 6) is 0.775. The van der Waals surface area contributed by atoms with Gasteiger partial charge in [0.15, 0.2) is 5.54 Å². The maximum atomic E-state index is 13.6. The van der Waals surface area contributed by atoms with Crippen molar-refractivity contribution in [3.63, 3.8) is 0 Å². The second-order valence-corrected chi connectivity index (χ2v) is 9.04. The van der Waals surface area contributed by atoms with Crippen LogP contribution in [0.15, 0.2) is 24.3 Å². The smallest absolute Gasteiger partial charge is 0.319 e. The van der Waals surface area contributed by atoms with Crippen molar-refractivity contribution in [2.24, 2.45) is 5.41 Å². The van der Waals surface area contributed by atoms with Crippen LogP contribution in [0.1, 0.15) is 38.3 Å². The fourth-order valence-corrected chi connectivity index (χ4v) is 4.47. The number of benzene rings is 1. The van der Waals surface area contributed by atoms with Gasteiger partial charge >= 0.3 is 6.03 Å². The van der Waals surface area contributed by atoms with Crippen molar-refractivity contribution in [1.29, 1.82) is 0 Å². The van der Waals surface area contributed by atoms with E-state index >= 15 is 0 Å². The van der Waals surface area contributed by atoms with Gasteiger partial charge in [0.05, 0.1) is 0 Å². The predicted octanol–water partition coefficient (Wildman–Crippen LogP) is 3.43. The Morgan fingerprint density at radius 1 is 1.27 bits per heavy atom. The number of aryl methyl sites for hydroxylation is 1. The van der Waals surface area contributed by atoms with E-state index in [1.807, 2.05) is 44.5 Å². The minimum Gasteiger partial charge on any atom is -0.341 e. The molecule has 1 aromatic rings. The molecule has 0 bridgehead atoms. The van der Waals surface area contributed by atoms with Crippen LogP contribution < -0.4 is 5.32 Å². The first-order chi connectivity index (χ1) is 12.1. The van der Waals surface area contributed by atoms with Crippen LogP contribution in [0, 0.1) is 12.3 Å². The van der Waals surface area contributed by atoms with Gasteiger partial charge in [0.2, 0.25) is 0 Å². The molecule has 0 radical (unpaired) electrons. The van der Waals surface area contributed by atoms with E-state index in [4.69, 9.17) is 0 Å². The summed E-state index contributed by atoms with van der Waals surface area (Å²) in [5.41, 5.74) is 0.752. The van der Waals surface area contributed by atoms with Gasteiger partial charge < -0.3 is 10.2 Å². The Kier molecular flexibility index (Phi) is 5.95. The van der Waals surface area contributed by atoms with Crippen molar-refractivity contribution in [2.45, 2.75) is 45.8 Å². The van der Waals surface area contributed by atoms with Gasteiger partial charge in [-0.05, 0) is 30.9 Å². The third-order valence-corrected chi connectivity index (χ3v) is 5.71. The monoisotopic (exact) mass is 377 g/mol. The third-order valence-electron chi connectivity index (χ3n) is 5.10. The van der Waals surface area contributed by atoms with Gasteiger partial charge in [-0.2, -0.15) is 11.8 Å². The van der Waals surface area contributed by atoms with Crippen LogP contribution >= 0.6 is 11.8 Å². The van der Waals surface area contributed by atoms with Crippen molar-refractivity contribution in [1.82, 2.24) is 15.1 Å². The number of nitrogens with one attached hydrogen (secondary N) is 1. The van der Waals surface area contributed by atoms with E-state index in [0.29, 0.717) is 6.42 Å². The van der Waals surface area contributed by atoms with Crippen molar-refractivity contribution < 1.29 is 9.59 Å². The highest BCUT2D eigenvalue weighted by molar-refractivity contribution is 7.98. The van der Waals surface area contributed by atoms with E-state index in [9.17, 15) is 9.59 Å². The summed E-state index contributed by atoms with van der Waals surface area (Å²) >= 11 is 1.69. The van der Waals surface area contributed by atoms with Crippen LogP contribution in [-0.2, 0) is 10.3 Å². The van der Waals surface area contributed by atoms with Crippen LogP contribution in [0.3, 0.4) is 0 Å². The number of hydrogen-bond acceptors (Lipinski definition) is 3. The molecule has 2 unspecified atom stereocenters. The van der Waals surface area contributed by atoms with E-state index in [-0.39, 0.29) is 23.5 Å². The standard InChI is InChI=1S/C20H31N3O2S/c1-14-8-10-15(11-9-14)20(12-13-26-7)17(24)22(6)16(19(2,3)4)23(20)18(25)21-5/h8-11,16H,12-13H2,1-7H3,(H,21,25). The molecular formula is C20H31N3O2S. The molecule has 6 heteroatoms. The first-order valence-electron chi connectivity index (χ1n) is 8.95. The molecule has 1 N–H and O–H groups in total. The second kappa shape index (κ2) is 7.51. The topological polar surface area (TPSA) is 52.7 Å². The van der Waals surface area contributed by atoms with E-state index in [0.717, 1.165) is 16.9 Å². The number of rotatable bonds is 4. The van der Waals surface area contributed by atoms with Gasteiger partial charge in [-0.1, -0.05) is 50.6 Å². The summed E-state index contributed by atoms with van der Waals surface area (Å²) in [6.45, 7) is 8.22. The van der Waals surface area contributed by atoms with Crippen LogP contribution in [0.4, 0.5) is 4.79 Å². The van der Waals surface area contributed by atoms with Crippen LogP contribution in [0.2, 0.25) is 0 Å². The van der Waals surface area contributed by atoms with Crippen LogP contribution in [0.25, 0.3) is 0 Å². The van der Waals surface area contributed by atoms with E-state index < -0.39 is 5.54 Å². The zero-order chi connectivity index (χ0) is 19.7. The van der Waals surface area contributed by atoms with Crippen molar-refractivity contribution in [3.05, 3.63) is 35.4 Å². The average molecular weight is 378 g/mol. The largest absolute Gasteiger partial charge is 0.341 e. The lowest BCUT2D eigenvalue weighted by molar-refractivity contribution is -0.133. The molecule has 1 aliphatic heterocycles. The molecule has 1 aliphatic rings. The minimum atomic E-state index is -0.983. The van der Waals surface area contributed by atoms with Gasteiger partial charge in [-0.25, -0.2) is 4.79 Å². The normalized spacial score (nSPS) is 23.5. The van der Waals surface area contributed by atoms with Crippen molar-refractivity contribution in [2.75, 3.05) is 26.1 Å². The Labute approximate surface area is 161 Å². The number of hydrogen-bond donors (Lipinski definition) is 1. The number of carbonyl (C=O) groups is 2. The maximum absolute atomic E-state index is 13.6. The molecule has 1 fully saturated rings. The van der Waals surface area contributed by atoms with Gasteiger partial charge in [0.1, 0.15) is 6.17 Å². The highest BCUT2D eigenvalue weighted by Crippen LogP contribution is 2.47. The molecule has 1 heterocycles. The summed E-state index contributed by atoms with van der Waals surface area (Å²) in [6, 6.07) is 7.78. The number of nitrogens with zero attached hydrogens (tertiary/aromatic N) is 2. The molecule has 3 amide bonds. The lowest BCUT2D eigenvalue weighted by atomic mass is 9.84. The number of carbonyl (C=O) groups excluding carboxylic acids is 2. The maximum Gasteiger partial charge on any atom is 0.319 e. The van der Waals surface area contributed by atoms with Crippen molar-refractivity contribution in [3.8, 4) is 0 Å². The highest BCUT2D eigenvalue weighted by Gasteiger charge is 2.61. The molecule has 5 nitrogen and oxygen atoms in total. The van der Waals surface area contributed by atoms with Gasteiger partial charge in [-0.15, -0.1) is 0 Å². The summed E-state index contributed by atoms with van der Waals surface area (Å²) in [7, 11) is 3.43. The molecule has 144 valence electrons. The van der Waals surface area contributed by atoms with E-state index in [1.165, 1.54) is 0 Å². The number of likely N-dealkylation sites (N-methyl/N-ethyl adjacent to an activating group) is 1. The molecule has 0 aliphatic carbocycles. The molecule has 0 aromatic heterocycles. The summed E-state index contributed by atoms with van der Waals surface area (Å²) in [4.78, 5) is 30.1. The fraction of sp³-hybridized carbons (Fsp3) is 0.600. The van der Waals surface area contributed by atoms with Gasteiger partial charge in [-0.3, -0.25) is 9.69 Å². The first kappa shape index (κ1) is 20.6. The van der Waals surface area contributed by atoms with E-state index in [1.54, 1.807) is 28.6 Å². The Morgan fingerprint density at radius 3 is 2.31 bits per heavy atom.